The predicted molar refractivity (Wildman–Crippen MR) is 102 cm³/mol. The Morgan fingerprint density at radius 1 is 1.04 bits per heavy atom. The number of hydrogen-bond acceptors (Lipinski definition) is 2. The Kier molecular flexibility index (Phi) is 5.09. The van der Waals surface area contributed by atoms with Gasteiger partial charge in [-0.05, 0) is 42.4 Å². The van der Waals surface area contributed by atoms with Gasteiger partial charge in [0, 0.05) is 19.5 Å². The molecule has 4 nitrogen and oxygen atoms in total. The summed E-state index contributed by atoms with van der Waals surface area (Å²) >= 11 is 0. The number of urea groups is 1. The second-order valence-corrected chi connectivity index (χ2v) is 7.36. The van der Waals surface area contributed by atoms with E-state index in [9.17, 15) is 4.79 Å². The highest BCUT2D eigenvalue weighted by Crippen LogP contribution is 2.28. The first-order valence-corrected chi connectivity index (χ1v) is 9.59. The standard InChI is InChI=1S/C22H26N2O2/c25-22(23-16-20-15-19-8-4-5-9-21(19)26-20)24-12-10-18(11-13-24)14-17-6-2-1-3-7-17/h1-9,18,20H,10-16H2,(H,23,25). The number of likely N-dealkylation sites (tertiary alicyclic amines) is 1. The Morgan fingerprint density at radius 2 is 1.77 bits per heavy atom. The minimum absolute atomic E-state index is 0.0442. The van der Waals surface area contributed by atoms with Crippen LogP contribution in [0.4, 0.5) is 4.79 Å². The largest absolute Gasteiger partial charge is 0.488 e. The summed E-state index contributed by atoms with van der Waals surface area (Å²) in [5.41, 5.74) is 2.63. The highest BCUT2D eigenvalue weighted by molar-refractivity contribution is 5.74. The molecule has 1 N–H and O–H groups in total. The van der Waals surface area contributed by atoms with Gasteiger partial charge in [-0.15, -0.1) is 0 Å². The number of benzene rings is 2. The van der Waals surface area contributed by atoms with Crippen LogP contribution in [0, 0.1) is 5.92 Å². The zero-order valence-electron chi connectivity index (χ0n) is 15.1. The number of fused-ring (bicyclic) bond motifs is 1. The number of rotatable bonds is 4. The van der Waals surface area contributed by atoms with E-state index in [4.69, 9.17) is 4.74 Å². The molecule has 0 aromatic heterocycles. The molecule has 1 unspecified atom stereocenters. The normalized spacial score (nSPS) is 19.7. The van der Waals surface area contributed by atoms with Crippen molar-refractivity contribution in [2.75, 3.05) is 19.6 Å². The average molecular weight is 350 g/mol. The molecule has 2 aliphatic heterocycles. The molecule has 2 aromatic rings. The molecule has 0 spiro atoms. The van der Waals surface area contributed by atoms with Crippen LogP contribution in [0.1, 0.15) is 24.0 Å². The third-order valence-corrected chi connectivity index (χ3v) is 5.46. The van der Waals surface area contributed by atoms with Gasteiger partial charge in [-0.3, -0.25) is 0 Å². The zero-order valence-corrected chi connectivity index (χ0v) is 15.1. The lowest BCUT2D eigenvalue weighted by Crippen LogP contribution is -2.47. The molecule has 0 aliphatic carbocycles. The number of nitrogens with zero attached hydrogens (tertiary/aromatic N) is 1. The van der Waals surface area contributed by atoms with E-state index in [0.717, 1.165) is 44.5 Å². The number of para-hydroxylation sites is 1. The van der Waals surface area contributed by atoms with Gasteiger partial charge in [0.2, 0.25) is 0 Å². The molecule has 1 atom stereocenters. The number of carbonyl (C=O) groups excluding carboxylic acids is 1. The summed E-state index contributed by atoms with van der Waals surface area (Å²) in [6, 6.07) is 18.8. The van der Waals surface area contributed by atoms with Crippen LogP contribution in [0.5, 0.6) is 5.75 Å². The number of carbonyl (C=O) groups is 1. The zero-order chi connectivity index (χ0) is 17.8. The first kappa shape index (κ1) is 17.0. The van der Waals surface area contributed by atoms with Crippen molar-refractivity contribution in [1.29, 1.82) is 0 Å². The van der Waals surface area contributed by atoms with Crippen LogP contribution in [0.2, 0.25) is 0 Å². The molecule has 2 aliphatic rings. The lowest BCUT2D eigenvalue weighted by Gasteiger charge is -2.32. The Morgan fingerprint density at radius 3 is 2.54 bits per heavy atom. The van der Waals surface area contributed by atoms with E-state index >= 15 is 0 Å². The third kappa shape index (κ3) is 4.01. The number of nitrogens with one attached hydrogen (secondary N) is 1. The summed E-state index contributed by atoms with van der Waals surface area (Å²) in [5.74, 6) is 1.63. The van der Waals surface area contributed by atoms with Crippen molar-refractivity contribution < 1.29 is 9.53 Å². The number of hydrogen-bond donors (Lipinski definition) is 1. The van der Waals surface area contributed by atoms with Crippen molar-refractivity contribution in [3.63, 3.8) is 0 Å². The molecule has 1 saturated heterocycles. The highest BCUT2D eigenvalue weighted by atomic mass is 16.5. The van der Waals surface area contributed by atoms with Crippen LogP contribution in [-0.4, -0.2) is 36.7 Å². The van der Waals surface area contributed by atoms with Gasteiger partial charge in [-0.25, -0.2) is 4.79 Å². The quantitative estimate of drug-likeness (QED) is 0.914. The summed E-state index contributed by atoms with van der Waals surface area (Å²) < 4.78 is 5.89. The highest BCUT2D eigenvalue weighted by Gasteiger charge is 2.26. The Balaban J connectivity index is 1.20. The predicted octanol–water partition coefficient (Wildman–Crippen LogP) is 3.65. The van der Waals surface area contributed by atoms with Gasteiger partial charge in [0.1, 0.15) is 11.9 Å². The summed E-state index contributed by atoms with van der Waals surface area (Å²) in [6.45, 7) is 2.25. The first-order valence-electron chi connectivity index (χ1n) is 9.59. The minimum Gasteiger partial charge on any atom is -0.488 e. The van der Waals surface area contributed by atoms with E-state index in [2.05, 4.69) is 41.7 Å². The van der Waals surface area contributed by atoms with Gasteiger partial charge in [0.25, 0.3) is 0 Å². The van der Waals surface area contributed by atoms with Crippen molar-refractivity contribution in [3.05, 3.63) is 65.7 Å². The maximum atomic E-state index is 12.5. The van der Waals surface area contributed by atoms with Crippen molar-refractivity contribution in [2.24, 2.45) is 5.92 Å². The molecule has 4 heteroatoms. The van der Waals surface area contributed by atoms with Crippen LogP contribution in [0.25, 0.3) is 0 Å². The van der Waals surface area contributed by atoms with Crippen molar-refractivity contribution in [3.8, 4) is 5.75 Å². The maximum Gasteiger partial charge on any atom is 0.317 e. The topological polar surface area (TPSA) is 41.6 Å². The monoisotopic (exact) mass is 350 g/mol. The maximum absolute atomic E-state index is 12.5. The smallest absolute Gasteiger partial charge is 0.317 e. The fraction of sp³-hybridized carbons (Fsp3) is 0.409. The van der Waals surface area contributed by atoms with Gasteiger partial charge in [-0.2, -0.15) is 0 Å². The van der Waals surface area contributed by atoms with Gasteiger partial charge in [0.05, 0.1) is 6.54 Å². The molecule has 0 radical (unpaired) electrons. The molecule has 2 aromatic carbocycles. The molecular weight excluding hydrogens is 324 g/mol. The summed E-state index contributed by atoms with van der Waals surface area (Å²) in [7, 11) is 0. The Labute approximate surface area is 155 Å². The van der Waals surface area contributed by atoms with Gasteiger partial charge in [0.15, 0.2) is 0 Å². The number of ether oxygens (including phenoxy) is 1. The minimum atomic E-state index is 0.0442. The van der Waals surface area contributed by atoms with Crippen LogP contribution in [0.3, 0.4) is 0 Å². The first-order chi connectivity index (χ1) is 12.8. The number of amides is 2. The third-order valence-electron chi connectivity index (χ3n) is 5.46. The van der Waals surface area contributed by atoms with E-state index < -0.39 is 0 Å². The lowest BCUT2D eigenvalue weighted by molar-refractivity contribution is 0.162. The van der Waals surface area contributed by atoms with Crippen molar-refractivity contribution >= 4 is 6.03 Å². The summed E-state index contributed by atoms with van der Waals surface area (Å²) in [5, 5.41) is 3.06. The van der Waals surface area contributed by atoms with Crippen LogP contribution in [0.15, 0.2) is 54.6 Å². The molecule has 0 bridgehead atoms. The van der Waals surface area contributed by atoms with E-state index in [1.54, 1.807) is 0 Å². The van der Waals surface area contributed by atoms with Crippen LogP contribution >= 0.6 is 0 Å². The lowest BCUT2D eigenvalue weighted by atomic mass is 9.90. The Hall–Kier alpha value is -2.49. The average Bonchev–Trinajstić information content (AvgIpc) is 3.10. The molecule has 2 amide bonds. The van der Waals surface area contributed by atoms with Crippen molar-refractivity contribution in [1.82, 2.24) is 10.2 Å². The molecular formula is C22H26N2O2. The Bertz CT molecular complexity index is 714. The molecule has 4 rings (SSSR count). The molecule has 0 saturated carbocycles. The fourth-order valence-electron chi connectivity index (χ4n) is 3.97. The molecule has 26 heavy (non-hydrogen) atoms. The molecule has 1 fully saturated rings. The summed E-state index contributed by atoms with van der Waals surface area (Å²) in [6.07, 6.45) is 4.19. The van der Waals surface area contributed by atoms with Crippen LogP contribution < -0.4 is 10.1 Å². The van der Waals surface area contributed by atoms with E-state index in [1.165, 1.54) is 11.1 Å². The summed E-state index contributed by atoms with van der Waals surface area (Å²) in [4.78, 5) is 14.4. The fourth-order valence-corrected chi connectivity index (χ4v) is 3.97. The van der Waals surface area contributed by atoms with Gasteiger partial charge >= 0.3 is 6.03 Å². The van der Waals surface area contributed by atoms with Gasteiger partial charge < -0.3 is 15.0 Å². The van der Waals surface area contributed by atoms with E-state index in [0.29, 0.717) is 12.5 Å². The van der Waals surface area contributed by atoms with E-state index in [-0.39, 0.29) is 12.1 Å². The van der Waals surface area contributed by atoms with Crippen molar-refractivity contribution in [2.45, 2.75) is 31.8 Å². The number of piperidine rings is 1. The SMILES string of the molecule is O=C(NCC1Cc2ccccc2O1)N1CCC(Cc2ccccc2)CC1. The second-order valence-electron chi connectivity index (χ2n) is 7.36. The van der Waals surface area contributed by atoms with Gasteiger partial charge in [-0.1, -0.05) is 48.5 Å². The second kappa shape index (κ2) is 7.81. The molecule has 2 heterocycles. The van der Waals surface area contributed by atoms with Crippen LogP contribution in [-0.2, 0) is 12.8 Å². The van der Waals surface area contributed by atoms with E-state index in [1.807, 2.05) is 23.1 Å². The molecule has 136 valence electrons.